The fourth-order valence-electron chi connectivity index (χ4n) is 3.52. The lowest BCUT2D eigenvalue weighted by molar-refractivity contribution is 0.0927. The molecule has 1 saturated heterocycles. The molecule has 2 atom stereocenters. The Labute approximate surface area is 161 Å². The van der Waals surface area contributed by atoms with E-state index < -0.39 is 0 Å². The van der Waals surface area contributed by atoms with Crippen LogP contribution in [-0.2, 0) is 6.54 Å². The molecule has 1 fully saturated rings. The van der Waals surface area contributed by atoms with Gasteiger partial charge in [-0.2, -0.15) is 0 Å². The summed E-state index contributed by atoms with van der Waals surface area (Å²) in [4.78, 5) is 15.0. The molecule has 1 N–H and O–H groups in total. The van der Waals surface area contributed by atoms with Crippen molar-refractivity contribution < 1.29 is 9.53 Å². The second-order valence-corrected chi connectivity index (χ2v) is 7.16. The van der Waals surface area contributed by atoms with Crippen molar-refractivity contribution in [2.24, 2.45) is 5.92 Å². The number of nitrogens with one attached hydrogen (secondary N) is 1. The number of hydrogen-bond donors (Lipinski definition) is 1. The summed E-state index contributed by atoms with van der Waals surface area (Å²) < 4.78 is 5.46. The van der Waals surface area contributed by atoms with Gasteiger partial charge < -0.3 is 10.1 Å². The van der Waals surface area contributed by atoms with E-state index in [9.17, 15) is 4.79 Å². The Morgan fingerprint density at radius 2 is 2.00 bits per heavy atom. The highest BCUT2D eigenvalue weighted by Gasteiger charge is 2.28. The first-order chi connectivity index (χ1) is 13.2. The second-order valence-electron chi connectivity index (χ2n) is 7.16. The molecule has 0 aliphatic carbocycles. The fraction of sp³-hybridized carbons (Fsp3) is 0.348. The van der Waals surface area contributed by atoms with E-state index in [0.29, 0.717) is 18.1 Å². The van der Waals surface area contributed by atoms with Crippen LogP contribution in [0.1, 0.15) is 29.3 Å². The van der Waals surface area contributed by atoms with Crippen LogP contribution in [0.3, 0.4) is 0 Å². The Hall–Kier alpha value is -2.59. The monoisotopic (exact) mass is 364 g/mol. The third-order valence-corrected chi connectivity index (χ3v) is 5.11. The van der Waals surface area contributed by atoms with E-state index in [4.69, 9.17) is 4.74 Å². The molecular formula is C23H28N2O2. The number of nitrogens with zero attached hydrogens (tertiary/aromatic N) is 1. The SMILES string of the molecule is C=CCOc1ccc(C(=O)N[C@H](C)[C@H]2CCN(Cc3ccccc3)C2)cc1. The number of ether oxygens (including phenoxy) is 1. The summed E-state index contributed by atoms with van der Waals surface area (Å²) in [7, 11) is 0. The van der Waals surface area contributed by atoms with Gasteiger partial charge in [-0.05, 0) is 55.6 Å². The average molecular weight is 364 g/mol. The normalized spacial score (nSPS) is 18.0. The molecule has 0 bridgehead atoms. The van der Waals surface area contributed by atoms with E-state index in [-0.39, 0.29) is 11.9 Å². The van der Waals surface area contributed by atoms with E-state index in [2.05, 4.69) is 48.0 Å². The van der Waals surface area contributed by atoms with Gasteiger partial charge in [0.2, 0.25) is 0 Å². The second kappa shape index (κ2) is 9.38. The van der Waals surface area contributed by atoms with Gasteiger partial charge >= 0.3 is 0 Å². The molecule has 2 aromatic rings. The van der Waals surface area contributed by atoms with Crippen molar-refractivity contribution in [1.82, 2.24) is 10.2 Å². The predicted octanol–water partition coefficient (Wildman–Crippen LogP) is 3.89. The molecule has 1 amide bonds. The maximum Gasteiger partial charge on any atom is 0.251 e. The molecule has 0 spiro atoms. The average Bonchev–Trinajstić information content (AvgIpc) is 3.16. The summed E-state index contributed by atoms with van der Waals surface area (Å²) in [5, 5.41) is 3.16. The maximum atomic E-state index is 12.5. The van der Waals surface area contributed by atoms with Crippen LogP contribution in [0, 0.1) is 5.92 Å². The van der Waals surface area contributed by atoms with E-state index in [1.54, 1.807) is 18.2 Å². The van der Waals surface area contributed by atoms with Crippen molar-refractivity contribution >= 4 is 5.91 Å². The van der Waals surface area contributed by atoms with Gasteiger partial charge in [0.25, 0.3) is 5.91 Å². The molecule has 0 unspecified atom stereocenters. The zero-order chi connectivity index (χ0) is 19.1. The van der Waals surface area contributed by atoms with Gasteiger partial charge in [-0.15, -0.1) is 0 Å². The van der Waals surface area contributed by atoms with E-state index >= 15 is 0 Å². The number of likely N-dealkylation sites (tertiary alicyclic amines) is 1. The molecule has 2 aromatic carbocycles. The molecule has 1 aliphatic rings. The molecule has 4 nitrogen and oxygen atoms in total. The molecule has 1 heterocycles. The van der Waals surface area contributed by atoms with Gasteiger partial charge in [0, 0.05) is 24.7 Å². The zero-order valence-electron chi connectivity index (χ0n) is 15.9. The van der Waals surface area contributed by atoms with Crippen LogP contribution in [0.25, 0.3) is 0 Å². The molecule has 27 heavy (non-hydrogen) atoms. The number of amides is 1. The minimum absolute atomic E-state index is 0.0284. The minimum atomic E-state index is -0.0284. The van der Waals surface area contributed by atoms with Crippen LogP contribution in [0.2, 0.25) is 0 Å². The number of rotatable bonds is 8. The first kappa shape index (κ1) is 19.2. The third-order valence-electron chi connectivity index (χ3n) is 5.11. The van der Waals surface area contributed by atoms with Crippen LogP contribution in [-0.4, -0.2) is 36.5 Å². The lowest BCUT2D eigenvalue weighted by Gasteiger charge is -2.22. The highest BCUT2D eigenvalue weighted by atomic mass is 16.5. The van der Waals surface area contributed by atoms with Crippen LogP contribution >= 0.6 is 0 Å². The third kappa shape index (κ3) is 5.44. The molecule has 3 rings (SSSR count). The van der Waals surface area contributed by atoms with Crippen molar-refractivity contribution in [1.29, 1.82) is 0 Å². The fourth-order valence-corrected chi connectivity index (χ4v) is 3.52. The quantitative estimate of drug-likeness (QED) is 0.723. The lowest BCUT2D eigenvalue weighted by Crippen LogP contribution is -2.39. The molecule has 4 heteroatoms. The standard InChI is InChI=1S/C23H28N2O2/c1-3-15-27-22-11-9-20(10-12-22)23(26)24-18(2)21-13-14-25(17-21)16-19-7-5-4-6-8-19/h3-12,18,21H,1,13-17H2,2H3,(H,24,26)/t18-,21+/m1/s1. The number of carbonyl (C=O) groups excluding carboxylic acids is 1. The van der Waals surface area contributed by atoms with Crippen LogP contribution in [0.4, 0.5) is 0 Å². The Morgan fingerprint density at radius 1 is 1.26 bits per heavy atom. The van der Waals surface area contributed by atoms with Crippen molar-refractivity contribution in [2.45, 2.75) is 25.9 Å². The van der Waals surface area contributed by atoms with Crippen molar-refractivity contribution in [2.75, 3.05) is 19.7 Å². The van der Waals surface area contributed by atoms with Gasteiger partial charge in [-0.3, -0.25) is 9.69 Å². The van der Waals surface area contributed by atoms with Crippen LogP contribution < -0.4 is 10.1 Å². The Balaban J connectivity index is 1.49. The van der Waals surface area contributed by atoms with Crippen LogP contribution in [0.15, 0.2) is 67.3 Å². The van der Waals surface area contributed by atoms with Crippen LogP contribution in [0.5, 0.6) is 5.75 Å². The smallest absolute Gasteiger partial charge is 0.251 e. The topological polar surface area (TPSA) is 41.6 Å². The van der Waals surface area contributed by atoms with Gasteiger partial charge in [0.05, 0.1) is 0 Å². The Kier molecular flexibility index (Phi) is 6.66. The highest BCUT2D eigenvalue weighted by Crippen LogP contribution is 2.22. The number of hydrogen-bond acceptors (Lipinski definition) is 3. The maximum absolute atomic E-state index is 12.5. The summed E-state index contributed by atoms with van der Waals surface area (Å²) in [6.45, 7) is 9.27. The largest absolute Gasteiger partial charge is 0.490 e. The summed E-state index contributed by atoms with van der Waals surface area (Å²) in [6.07, 6.45) is 2.81. The van der Waals surface area contributed by atoms with Gasteiger partial charge in [-0.25, -0.2) is 0 Å². The van der Waals surface area contributed by atoms with Gasteiger partial charge in [0.1, 0.15) is 12.4 Å². The molecule has 0 aromatic heterocycles. The van der Waals surface area contributed by atoms with E-state index in [0.717, 1.165) is 31.8 Å². The molecular weight excluding hydrogens is 336 g/mol. The van der Waals surface area contributed by atoms with E-state index in [1.165, 1.54) is 5.56 Å². The number of benzene rings is 2. The summed E-state index contributed by atoms with van der Waals surface area (Å²) in [5.41, 5.74) is 2.00. The van der Waals surface area contributed by atoms with Gasteiger partial charge in [-0.1, -0.05) is 43.0 Å². The number of carbonyl (C=O) groups is 1. The minimum Gasteiger partial charge on any atom is -0.490 e. The molecule has 0 radical (unpaired) electrons. The molecule has 142 valence electrons. The highest BCUT2D eigenvalue weighted by molar-refractivity contribution is 5.94. The summed E-state index contributed by atoms with van der Waals surface area (Å²) in [6, 6.07) is 17.9. The Morgan fingerprint density at radius 3 is 2.70 bits per heavy atom. The summed E-state index contributed by atoms with van der Waals surface area (Å²) in [5.74, 6) is 1.19. The molecule has 1 aliphatic heterocycles. The van der Waals surface area contributed by atoms with Crippen molar-refractivity contribution in [3.05, 3.63) is 78.4 Å². The first-order valence-corrected chi connectivity index (χ1v) is 9.56. The Bertz CT molecular complexity index is 743. The predicted molar refractivity (Wildman–Crippen MR) is 109 cm³/mol. The molecule has 0 saturated carbocycles. The summed E-state index contributed by atoms with van der Waals surface area (Å²) >= 11 is 0. The van der Waals surface area contributed by atoms with Crippen molar-refractivity contribution in [3.8, 4) is 5.75 Å². The zero-order valence-corrected chi connectivity index (χ0v) is 15.9. The first-order valence-electron chi connectivity index (χ1n) is 9.56. The van der Waals surface area contributed by atoms with Crippen molar-refractivity contribution in [3.63, 3.8) is 0 Å². The lowest BCUT2D eigenvalue weighted by atomic mass is 10.00. The van der Waals surface area contributed by atoms with E-state index in [1.807, 2.05) is 18.2 Å². The van der Waals surface area contributed by atoms with Gasteiger partial charge in [0.15, 0.2) is 0 Å².